The average molecular weight is 304 g/mol. The number of nitrogens with one attached hydrogen (secondary N) is 1. The van der Waals surface area contributed by atoms with Crippen LogP contribution in [0.3, 0.4) is 0 Å². The molecule has 1 aromatic carbocycles. The van der Waals surface area contributed by atoms with Crippen LogP contribution in [0.2, 0.25) is 0 Å². The zero-order valence-electron chi connectivity index (χ0n) is 13.0. The van der Waals surface area contributed by atoms with Crippen molar-refractivity contribution in [1.29, 1.82) is 0 Å². The van der Waals surface area contributed by atoms with Gasteiger partial charge in [-0.15, -0.1) is 0 Å². The van der Waals surface area contributed by atoms with Crippen molar-refractivity contribution in [2.75, 3.05) is 25.0 Å². The predicted molar refractivity (Wildman–Crippen MR) is 84.7 cm³/mol. The molecule has 1 spiro atoms. The predicted octanol–water partition coefficient (Wildman–Crippen LogP) is 2.47. The lowest BCUT2D eigenvalue weighted by molar-refractivity contribution is -0.207. The fraction of sp³-hybridized carbons (Fsp3) is 0.588. The van der Waals surface area contributed by atoms with Gasteiger partial charge in [-0.25, -0.2) is 4.79 Å². The summed E-state index contributed by atoms with van der Waals surface area (Å²) >= 11 is 0. The van der Waals surface area contributed by atoms with Gasteiger partial charge in [0.2, 0.25) is 0 Å². The van der Waals surface area contributed by atoms with Gasteiger partial charge in [-0.1, -0.05) is 18.2 Å². The molecule has 2 amide bonds. The van der Waals surface area contributed by atoms with Gasteiger partial charge < -0.3 is 20.1 Å². The van der Waals surface area contributed by atoms with E-state index in [4.69, 9.17) is 4.74 Å². The van der Waals surface area contributed by atoms with Crippen molar-refractivity contribution in [3.63, 3.8) is 0 Å². The highest BCUT2D eigenvalue weighted by molar-refractivity contribution is 5.89. The molecule has 2 N–H and O–H groups in total. The number of carbonyl (C=O) groups excluding carboxylic acids is 1. The second-order valence-corrected chi connectivity index (χ2v) is 6.21. The number of likely N-dealkylation sites (tertiary alicyclic amines) is 1. The van der Waals surface area contributed by atoms with Crippen LogP contribution >= 0.6 is 0 Å². The van der Waals surface area contributed by atoms with E-state index in [2.05, 4.69) is 5.32 Å². The topological polar surface area (TPSA) is 61.8 Å². The Morgan fingerprint density at radius 2 is 2.05 bits per heavy atom. The van der Waals surface area contributed by atoms with Crippen molar-refractivity contribution < 1.29 is 14.6 Å². The van der Waals surface area contributed by atoms with Crippen LogP contribution in [-0.4, -0.2) is 47.9 Å². The standard InChI is InChI=1S/C17H24N2O3/c1-2-22-15-12-14(20)17(15)8-10-19(11-9-17)16(21)18-13-6-4-3-5-7-13/h3-7,14-15,20H,2,8-12H2,1H3,(H,18,21). The highest BCUT2D eigenvalue weighted by atomic mass is 16.5. The Morgan fingerprint density at radius 3 is 2.64 bits per heavy atom. The Bertz CT molecular complexity index is 510. The summed E-state index contributed by atoms with van der Waals surface area (Å²) in [4.78, 5) is 14.1. The van der Waals surface area contributed by atoms with Gasteiger partial charge in [0.15, 0.2) is 0 Å². The van der Waals surface area contributed by atoms with Crippen molar-refractivity contribution in [2.24, 2.45) is 5.41 Å². The van der Waals surface area contributed by atoms with Crippen LogP contribution in [-0.2, 0) is 4.74 Å². The monoisotopic (exact) mass is 304 g/mol. The molecule has 1 aliphatic heterocycles. The smallest absolute Gasteiger partial charge is 0.321 e. The number of aliphatic hydroxyl groups is 1. The number of para-hydroxylation sites is 1. The number of hydrogen-bond donors (Lipinski definition) is 2. The van der Waals surface area contributed by atoms with Gasteiger partial charge in [-0.3, -0.25) is 0 Å². The highest BCUT2D eigenvalue weighted by Crippen LogP contribution is 2.50. The van der Waals surface area contributed by atoms with Gasteiger partial charge in [0.25, 0.3) is 0 Å². The van der Waals surface area contributed by atoms with Crippen LogP contribution in [0.4, 0.5) is 10.5 Å². The first-order chi connectivity index (χ1) is 10.7. The number of nitrogens with zero attached hydrogens (tertiary/aromatic N) is 1. The van der Waals surface area contributed by atoms with E-state index in [1.54, 1.807) is 0 Å². The fourth-order valence-corrected chi connectivity index (χ4v) is 3.67. The first-order valence-corrected chi connectivity index (χ1v) is 8.06. The third-order valence-electron chi connectivity index (χ3n) is 5.12. The Kier molecular flexibility index (Phi) is 4.36. The van der Waals surface area contributed by atoms with Crippen LogP contribution in [0.25, 0.3) is 0 Å². The van der Waals surface area contributed by atoms with E-state index in [1.807, 2.05) is 42.2 Å². The number of urea groups is 1. The summed E-state index contributed by atoms with van der Waals surface area (Å²) in [7, 11) is 0. The number of amides is 2. The first-order valence-electron chi connectivity index (χ1n) is 8.06. The molecular weight excluding hydrogens is 280 g/mol. The molecular formula is C17H24N2O3. The van der Waals surface area contributed by atoms with E-state index in [0.29, 0.717) is 19.7 Å². The van der Waals surface area contributed by atoms with Crippen molar-refractivity contribution in [3.05, 3.63) is 30.3 Å². The van der Waals surface area contributed by atoms with E-state index in [0.717, 1.165) is 24.9 Å². The fourth-order valence-electron chi connectivity index (χ4n) is 3.67. The highest BCUT2D eigenvalue weighted by Gasteiger charge is 2.56. The van der Waals surface area contributed by atoms with Crippen molar-refractivity contribution in [2.45, 2.75) is 38.4 Å². The Hall–Kier alpha value is -1.59. The van der Waals surface area contributed by atoms with Crippen LogP contribution in [0.5, 0.6) is 0 Å². The second-order valence-electron chi connectivity index (χ2n) is 6.21. The minimum absolute atomic E-state index is 0.0668. The molecule has 2 fully saturated rings. The summed E-state index contributed by atoms with van der Waals surface area (Å²) in [5.41, 5.74) is 0.670. The van der Waals surface area contributed by atoms with Crippen LogP contribution < -0.4 is 5.32 Å². The maximum atomic E-state index is 12.3. The molecule has 3 rings (SSSR count). The molecule has 5 nitrogen and oxygen atoms in total. The molecule has 1 saturated carbocycles. The number of anilines is 1. The first kappa shape index (κ1) is 15.3. The second kappa shape index (κ2) is 6.26. The van der Waals surface area contributed by atoms with Crippen molar-refractivity contribution in [3.8, 4) is 0 Å². The molecule has 0 radical (unpaired) electrons. The molecule has 0 aromatic heterocycles. The van der Waals surface area contributed by atoms with E-state index in [9.17, 15) is 9.90 Å². The van der Waals surface area contributed by atoms with Crippen molar-refractivity contribution in [1.82, 2.24) is 4.90 Å². The number of benzene rings is 1. The number of hydrogen-bond acceptors (Lipinski definition) is 3. The van der Waals surface area contributed by atoms with Gasteiger partial charge in [0.05, 0.1) is 12.2 Å². The molecule has 5 heteroatoms. The summed E-state index contributed by atoms with van der Waals surface area (Å²) in [5.74, 6) is 0. The number of aliphatic hydroxyl groups excluding tert-OH is 1. The third kappa shape index (κ3) is 2.71. The van der Waals surface area contributed by atoms with Crippen molar-refractivity contribution >= 4 is 11.7 Å². The molecule has 1 aromatic rings. The number of piperidine rings is 1. The minimum atomic E-state index is -0.289. The number of ether oxygens (including phenoxy) is 1. The SMILES string of the molecule is CCOC1CC(O)C12CCN(C(=O)Nc1ccccc1)CC2. The maximum absolute atomic E-state index is 12.3. The summed E-state index contributed by atoms with van der Waals surface area (Å²) in [5, 5.41) is 13.1. The Labute approximate surface area is 131 Å². The Morgan fingerprint density at radius 1 is 1.36 bits per heavy atom. The molecule has 1 aliphatic carbocycles. The van der Waals surface area contributed by atoms with Crippen LogP contribution in [0, 0.1) is 5.41 Å². The van der Waals surface area contributed by atoms with Gasteiger partial charge in [-0.05, 0) is 31.9 Å². The summed E-state index contributed by atoms with van der Waals surface area (Å²) < 4.78 is 5.75. The van der Waals surface area contributed by atoms with Gasteiger partial charge in [0, 0.05) is 37.2 Å². The van der Waals surface area contributed by atoms with E-state index in [-0.39, 0.29) is 23.7 Å². The van der Waals surface area contributed by atoms with E-state index >= 15 is 0 Å². The summed E-state index contributed by atoms with van der Waals surface area (Å²) in [6, 6.07) is 9.42. The quantitative estimate of drug-likeness (QED) is 0.902. The molecule has 120 valence electrons. The molecule has 2 aliphatic rings. The molecule has 22 heavy (non-hydrogen) atoms. The number of carbonyl (C=O) groups is 1. The number of rotatable bonds is 3. The normalized spacial score (nSPS) is 26.5. The minimum Gasteiger partial charge on any atom is -0.392 e. The van der Waals surface area contributed by atoms with Gasteiger partial charge in [-0.2, -0.15) is 0 Å². The third-order valence-corrected chi connectivity index (χ3v) is 5.12. The lowest BCUT2D eigenvalue weighted by Gasteiger charge is -2.56. The molecule has 1 heterocycles. The maximum Gasteiger partial charge on any atom is 0.321 e. The largest absolute Gasteiger partial charge is 0.392 e. The lowest BCUT2D eigenvalue weighted by Crippen LogP contribution is -2.63. The summed E-state index contributed by atoms with van der Waals surface area (Å²) in [6.45, 7) is 4.00. The van der Waals surface area contributed by atoms with Crippen LogP contribution in [0.15, 0.2) is 30.3 Å². The Balaban J connectivity index is 1.56. The summed E-state index contributed by atoms with van der Waals surface area (Å²) in [6.07, 6.45) is 2.20. The van der Waals surface area contributed by atoms with Crippen LogP contribution in [0.1, 0.15) is 26.2 Å². The molecule has 2 atom stereocenters. The van der Waals surface area contributed by atoms with E-state index in [1.165, 1.54) is 0 Å². The van der Waals surface area contributed by atoms with Gasteiger partial charge in [0.1, 0.15) is 0 Å². The van der Waals surface area contributed by atoms with E-state index < -0.39 is 0 Å². The zero-order valence-corrected chi connectivity index (χ0v) is 13.0. The zero-order chi connectivity index (χ0) is 15.6. The molecule has 0 bridgehead atoms. The molecule has 2 unspecified atom stereocenters. The average Bonchev–Trinajstić information content (AvgIpc) is 2.56. The molecule has 1 saturated heterocycles. The lowest BCUT2D eigenvalue weighted by atomic mass is 9.58. The van der Waals surface area contributed by atoms with Gasteiger partial charge >= 0.3 is 6.03 Å².